The molecule has 3 N–H and O–H groups in total. The molecule has 0 saturated carbocycles. The van der Waals surface area contributed by atoms with E-state index in [1.807, 2.05) is 31.2 Å². The van der Waals surface area contributed by atoms with Gasteiger partial charge in [0, 0.05) is 19.3 Å². The van der Waals surface area contributed by atoms with E-state index in [0.29, 0.717) is 10.0 Å². The van der Waals surface area contributed by atoms with Crippen molar-refractivity contribution < 1.29 is 4.79 Å². The predicted octanol–water partition coefficient (Wildman–Crippen LogP) is 3.13. The molecule has 0 spiro atoms. The summed E-state index contributed by atoms with van der Waals surface area (Å²) in [6, 6.07) is 7.79. The van der Waals surface area contributed by atoms with Crippen molar-refractivity contribution in [2.75, 3.05) is 29.5 Å². The van der Waals surface area contributed by atoms with Crippen LogP contribution in [0.25, 0.3) is 0 Å². The van der Waals surface area contributed by atoms with E-state index < -0.39 is 0 Å². The Balaban J connectivity index is 2.21. The Morgan fingerprint density at radius 2 is 2.24 bits per heavy atom. The molecule has 21 heavy (non-hydrogen) atoms. The van der Waals surface area contributed by atoms with Crippen LogP contribution in [-0.4, -0.2) is 24.5 Å². The lowest BCUT2D eigenvalue weighted by Crippen LogP contribution is -2.26. The Kier molecular flexibility index (Phi) is 4.80. The van der Waals surface area contributed by atoms with E-state index in [2.05, 4.69) is 17.2 Å². The number of nitrogens with one attached hydrogen (secondary N) is 1. The number of nitrogen functional groups attached to an aromatic ring is 1. The number of carbonyl (C=O) groups is 1. The van der Waals surface area contributed by atoms with Gasteiger partial charge in [-0.25, -0.2) is 4.98 Å². The Morgan fingerprint density at radius 3 is 2.90 bits per heavy atom. The zero-order valence-electron chi connectivity index (χ0n) is 12.5. The first kappa shape index (κ1) is 15.3. The van der Waals surface area contributed by atoms with Crippen LogP contribution < -0.4 is 16.0 Å². The second-order valence-electron chi connectivity index (χ2n) is 4.86. The van der Waals surface area contributed by atoms with Crippen molar-refractivity contribution in [3.63, 3.8) is 0 Å². The number of aromatic nitrogens is 1. The summed E-state index contributed by atoms with van der Waals surface area (Å²) in [6.07, 6.45) is 0.992. The molecule has 1 heterocycles. The Morgan fingerprint density at radius 1 is 1.48 bits per heavy atom. The summed E-state index contributed by atoms with van der Waals surface area (Å²) in [5.74, 6) is 0.142. The average molecular weight is 304 g/mol. The van der Waals surface area contributed by atoms with Gasteiger partial charge in [0.25, 0.3) is 5.91 Å². The first-order chi connectivity index (χ1) is 10.0. The lowest BCUT2D eigenvalue weighted by molar-refractivity contribution is 0.0997. The van der Waals surface area contributed by atoms with Crippen LogP contribution in [0.15, 0.2) is 24.3 Å². The summed E-state index contributed by atoms with van der Waals surface area (Å²) in [5.41, 5.74) is 7.82. The van der Waals surface area contributed by atoms with Gasteiger partial charge in [-0.1, -0.05) is 30.4 Å². The topological polar surface area (TPSA) is 71.2 Å². The summed E-state index contributed by atoms with van der Waals surface area (Å²) >= 11 is 1.30. The fraction of sp³-hybridized carbons (Fsp3) is 0.333. The number of aryl methyl sites for hydroxylation is 1. The Labute approximate surface area is 128 Å². The van der Waals surface area contributed by atoms with Crippen LogP contribution in [0.1, 0.15) is 28.6 Å². The third-order valence-electron chi connectivity index (χ3n) is 3.07. The molecule has 1 aromatic heterocycles. The van der Waals surface area contributed by atoms with Gasteiger partial charge in [0.1, 0.15) is 10.7 Å². The highest BCUT2D eigenvalue weighted by molar-refractivity contribution is 7.18. The van der Waals surface area contributed by atoms with Crippen LogP contribution >= 0.6 is 11.3 Å². The molecule has 0 aliphatic carbocycles. The third-order valence-corrected chi connectivity index (χ3v) is 4.08. The number of amides is 1. The number of hydrogen-bond acceptors (Lipinski definition) is 5. The summed E-state index contributed by atoms with van der Waals surface area (Å²) in [6.45, 7) is 4.88. The molecule has 6 heteroatoms. The number of nitrogens with two attached hydrogens (primary N) is 1. The van der Waals surface area contributed by atoms with Crippen molar-refractivity contribution in [3.05, 3.63) is 34.7 Å². The van der Waals surface area contributed by atoms with E-state index in [1.54, 1.807) is 11.9 Å². The van der Waals surface area contributed by atoms with E-state index in [4.69, 9.17) is 5.73 Å². The lowest BCUT2D eigenvalue weighted by Gasteiger charge is -2.16. The van der Waals surface area contributed by atoms with Gasteiger partial charge in [-0.2, -0.15) is 0 Å². The minimum absolute atomic E-state index is 0.139. The van der Waals surface area contributed by atoms with Crippen LogP contribution in [0.3, 0.4) is 0 Å². The van der Waals surface area contributed by atoms with Crippen molar-refractivity contribution >= 4 is 33.9 Å². The van der Waals surface area contributed by atoms with E-state index in [-0.39, 0.29) is 11.7 Å². The monoisotopic (exact) mass is 304 g/mol. The highest BCUT2D eigenvalue weighted by atomic mass is 32.1. The number of carbonyl (C=O) groups excluding carboxylic acids is 1. The van der Waals surface area contributed by atoms with Gasteiger partial charge in [0.15, 0.2) is 5.13 Å². The maximum Gasteiger partial charge on any atom is 0.272 e. The van der Waals surface area contributed by atoms with Crippen molar-refractivity contribution in [3.8, 4) is 0 Å². The molecule has 2 rings (SSSR count). The lowest BCUT2D eigenvalue weighted by atomic mass is 10.2. The molecule has 0 aliphatic rings. The molecule has 0 fully saturated rings. The second-order valence-corrected chi connectivity index (χ2v) is 5.86. The number of rotatable bonds is 5. The van der Waals surface area contributed by atoms with Crippen molar-refractivity contribution in [2.45, 2.75) is 20.3 Å². The highest BCUT2D eigenvalue weighted by Gasteiger charge is 2.20. The maximum atomic E-state index is 12.6. The van der Waals surface area contributed by atoms with Gasteiger partial charge in [0.05, 0.1) is 0 Å². The highest BCUT2D eigenvalue weighted by Crippen LogP contribution is 2.27. The molecule has 1 amide bonds. The molecular formula is C15H20N4OS. The minimum atomic E-state index is -0.139. The number of thiazole rings is 1. The molecule has 0 unspecified atom stereocenters. The van der Waals surface area contributed by atoms with Crippen LogP contribution in [-0.2, 0) is 0 Å². The number of hydrogen-bond donors (Lipinski definition) is 2. The van der Waals surface area contributed by atoms with Gasteiger partial charge in [-0.3, -0.25) is 4.79 Å². The number of nitrogens with zero attached hydrogens (tertiary/aromatic N) is 2. The number of anilines is 3. The zero-order chi connectivity index (χ0) is 15.4. The molecule has 0 bridgehead atoms. The molecular weight excluding hydrogens is 284 g/mol. The number of benzene rings is 1. The predicted molar refractivity (Wildman–Crippen MR) is 89.2 cm³/mol. The van der Waals surface area contributed by atoms with Crippen LogP contribution in [0.2, 0.25) is 0 Å². The molecule has 0 aliphatic heterocycles. The van der Waals surface area contributed by atoms with Crippen molar-refractivity contribution in [1.29, 1.82) is 0 Å². The van der Waals surface area contributed by atoms with Gasteiger partial charge in [-0.05, 0) is 31.0 Å². The second kappa shape index (κ2) is 6.58. The van der Waals surface area contributed by atoms with E-state index >= 15 is 0 Å². The molecule has 112 valence electrons. The van der Waals surface area contributed by atoms with Gasteiger partial charge >= 0.3 is 0 Å². The summed E-state index contributed by atoms with van der Waals surface area (Å²) in [5, 5.41) is 3.85. The molecule has 0 saturated heterocycles. The quantitative estimate of drug-likeness (QED) is 0.890. The average Bonchev–Trinajstić information content (AvgIpc) is 2.84. The summed E-state index contributed by atoms with van der Waals surface area (Å²) in [7, 11) is 1.75. The van der Waals surface area contributed by atoms with Crippen LogP contribution in [0.4, 0.5) is 16.6 Å². The smallest absolute Gasteiger partial charge is 0.272 e. The summed E-state index contributed by atoms with van der Waals surface area (Å²) in [4.78, 5) is 18.8. The van der Waals surface area contributed by atoms with Crippen molar-refractivity contribution in [1.82, 2.24) is 4.98 Å². The molecule has 2 aromatic rings. The largest absolute Gasteiger partial charge is 0.382 e. The SMILES string of the molecule is CCCNc1nc(N)c(C(=O)N(C)c2cccc(C)c2)s1. The van der Waals surface area contributed by atoms with Gasteiger partial charge in [0.2, 0.25) is 0 Å². The maximum absolute atomic E-state index is 12.6. The van der Waals surface area contributed by atoms with Gasteiger partial charge in [-0.15, -0.1) is 0 Å². The molecule has 1 aromatic carbocycles. The fourth-order valence-electron chi connectivity index (χ4n) is 1.90. The molecule has 5 nitrogen and oxygen atoms in total. The summed E-state index contributed by atoms with van der Waals surface area (Å²) < 4.78 is 0. The zero-order valence-corrected chi connectivity index (χ0v) is 13.3. The molecule has 0 radical (unpaired) electrons. The van der Waals surface area contributed by atoms with Crippen LogP contribution in [0.5, 0.6) is 0 Å². The van der Waals surface area contributed by atoms with E-state index in [1.165, 1.54) is 11.3 Å². The minimum Gasteiger partial charge on any atom is -0.382 e. The van der Waals surface area contributed by atoms with Crippen LogP contribution in [0, 0.1) is 6.92 Å². The van der Waals surface area contributed by atoms with Crippen molar-refractivity contribution in [2.24, 2.45) is 0 Å². The fourth-order valence-corrected chi connectivity index (χ4v) is 2.78. The normalized spacial score (nSPS) is 10.4. The Hall–Kier alpha value is -2.08. The third kappa shape index (κ3) is 3.52. The molecule has 0 atom stereocenters. The Bertz CT molecular complexity index is 638. The standard InChI is InChI=1S/C15H20N4OS/c1-4-8-17-15-18-13(16)12(21-15)14(20)19(3)11-7-5-6-10(2)9-11/h5-7,9H,4,8,16H2,1-3H3,(H,17,18). The first-order valence-electron chi connectivity index (χ1n) is 6.87. The van der Waals surface area contributed by atoms with E-state index in [9.17, 15) is 4.79 Å². The van der Waals surface area contributed by atoms with Gasteiger partial charge < -0.3 is 16.0 Å². The van der Waals surface area contributed by atoms with E-state index in [0.717, 1.165) is 24.2 Å². The first-order valence-corrected chi connectivity index (χ1v) is 7.69.